The molecule has 0 bridgehead atoms. The first kappa shape index (κ1) is 24.6. The summed E-state index contributed by atoms with van der Waals surface area (Å²) in [5.41, 5.74) is 5.24. The Morgan fingerprint density at radius 2 is 1.84 bits per heavy atom. The van der Waals surface area contributed by atoms with Crippen molar-refractivity contribution < 1.29 is 17.6 Å². The quantitative estimate of drug-likeness (QED) is 0.510. The molecule has 1 aromatic carbocycles. The second-order valence-corrected chi connectivity index (χ2v) is 7.63. The van der Waals surface area contributed by atoms with Crippen LogP contribution in [0.1, 0.15) is 20.9 Å². The zero-order chi connectivity index (χ0) is 21.7. The second-order valence-electron chi connectivity index (χ2n) is 6.43. The molecule has 0 aliphatic carbocycles. The van der Waals surface area contributed by atoms with Crippen molar-refractivity contribution in [3.05, 3.63) is 86.0 Å². The summed E-state index contributed by atoms with van der Waals surface area (Å²) in [6.45, 7) is 0.286. The van der Waals surface area contributed by atoms with Crippen molar-refractivity contribution in [2.24, 2.45) is 5.73 Å². The molecule has 2 heterocycles. The Kier molecular flexibility index (Phi) is 8.37. The number of benzene rings is 1. The highest BCUT2D eigenvalue weighted by molar-refractivity contribution is 7.12. The Morgan fingerprint density at radius 1 is 1.13 bits per heavy atom. The van der Waals surface area contributed by atoms with E-state index >= 15 is 0 Å². The summed E-state index contributed by atoms with van der Waals surface area (Å²) in [5.74, 6) is 0. The van der Waals surface area contributed by atoms with Crippen LogP contribution in [0.3, 0.4) is 0 Å². The molecule has 0 aliphatic heterocycles. The Balaban J connectivity index is 0.00000341. The highest BCUT2D eigenvalue weighted by atomic mass is 35.5. The van der Waals surface area contributed by atoms with E-state index in [9.17, 15) is 22.4 Å². The fourth-order valence-corrected chi connectivity index (χ4v) is 3.54. The van der Waals surface area contributed by atoms with Crippen LogP contribution in [-0.4, -0.2) is 20.9 Å². The minimum absolute atomic E-state index is 0. The van der Waals surface area contributed by atoms with Crippen molar-refractivity contribution in [3.63, 3.8) is 0 Å². The number of aromatic nitrogens is 3. The third kappa shape index (κ3) is 6.39. The van der Waals surface area contributed by atoms with Crippen LogP contribution < -0.4 is 11.4 Å². The van der Waals surface area contributed by atoms with Gasteiger partial charge in [0.15, 0.2) is 0 Å². The number of rotatable bonds is 7. The van der Waals surface area contributed by atoms with Crippen LogP contribution in [0.4, 0.5) is 17.6 Å². The van der Waals surface area contributed by atoms with E-state index in [-0.39, 0.29) is 36.8 Å². The lowest BCUT2D eigenvalue weighted by molar-refractivity contribution is -0.137. The van der Waals surface area contributed by atoms with E-state index in [4.69, 9.17) is 5.73 Å². The normalized spacial score (nSPS) is 12.4. The van der Waals surface area contributed by atoms with Crippen molar-refractivity contribution in [1.82, 2.24) is 14.3 Å². The number of thiophene rings is 1. The van der Waals surface area contributed by atoms with Gasteiger partial charge in [0.1, 0.15) is 6.33 Å². The predicted octanol–water partition coefficient (Wildman–Crippen LogP) is 4.58. The van der Waals surface area contributed by atoms with Gasteiger partial charge >= 0.3 is 11.9 Å². The van der Waals surface area contributed by atoms with Gasteiger partial charge in [0.2, 0.25) is 0 Å². The third-order valence-corrected chi connectivity index (χ3v) is 5.29. The Labute approximate surface area is 185 Å². The molecule has 0 saturated heterocycles. The monoisotopic (exact) mass is 474 g/mol. The molecule has 0 atom stereocenters. The summed E-state index contributed by atoms with van der Waals surface area (Å²) in [7, 11) is 0. The molecule has 2 aromatic heterocycles. The van der Waals surface area contributed by atoms with E-state index in [0.717, 1.165) is 26.6 Å². The summed E-state index contributed by atoms with van der Waals surface area (Å²) in [5, 5.41) is 3.97. The summed E-state index contributed by atoms with van der Waals surface area (Å²) in [4.78, 5) is 14.1. The van der Waals surface area contributed by atoms with Gasteiger partial charge in [0, 0.05) is 16.3 Å². The van der Waals surface area contributed by atoms with Crippen LogP contribution in [0.15, 0.2) is 59.4 Å². The van der Waals surface area contributed by atoms with E-state index in [1.807, 2.05) is 12.1 Å². The standard InChI is InChI=1S/C20H18F4N4OS.ClH/c21-9-15(10-25)11-28-19(29)27(13-26-28)12-18-8-7-17(30-18)6-3-14-1-4-16(5-2-14)20(22,23)24;/h1-9,13H,10-12,25H2;1H/b6-3+,15-9+;. The molecular weight excluding hydrogens is 456 g/mol. The van der Waals surface area contributed by atoms with E-state index in [1.165, 1.54) is 34.4 Å². The molecule has 166 valence electrons. The number of hydrogen-bond acceptors (Lipinski definition) is 4. The highest BCUT2D eigenvalue weighted by Crippen LogP contribution is 2.29. The van der Waals surface area contributed by atoms with Crippen molar-refractivity contribution in [2.75, 3.05) is 6.54 Å². The maximum Gasteiger partial charge on any atom is 0.416 e. The third-order valence-electron chi connectivity index (χ3n) is 4.25. The largest absolute Gasteiger partial charge is 0.416 e. The summed E-state index contributed by atoms with van der Waals surface area (Å²) in [6, 6.07) is 8.60. The first-order valence-electron chi connectivity index (χ1n) is 8.84. The first-order valence-corrected chi connectivity index (χ1v) is 9.66. The average molecular weight is 475 g/mol. The van der Waals surface area contributed by atoms with Crippen molar-refractivity contribution in [3.8, 4) is 0 Å². The van der Waals surface area contributed by atoms with Gasteiger partial charge in [-0.05, 0) is 41.5 Å². The maximum absolute atomic E-state index is 12.7. The van der Waals surface area contributed by atoms with Crippen molar-refractivity contribution in [1.29, 1.82) is 0 Å². The van der Waals surface area contributed by atoms with Gasteiger partial charge in [-0.2, -0.15) is 18.3 Å². The molecule has 0 fully saturated rings. The molecule has 0 spiro atoms. The highest BCUT2D eigenvalue weighted by Gasteiger charge is 2.29. The molecule has 11 heteroatoms. The van der Waals surface area contributed by atoms with Gasteiger partial charge in [-0.15, -0.1) is 23.7 Å². The van der Waals surface area contributed by atoms with E-state index in [2.05, 4.69) is 5.10 Å². The SMILES string of the molecule is Cl.NC/C(=C\F)Cn1ncn(Cc2ccc(/C=C/c3ccc(C(F)(F)F)cc3)s2)c1=O. The number of alkyl halides is 3. The molecule has 0 unspecified atom stereocenters. The maximum atomic E-state index is 12.7. The number of hydrogen-bond donors (Lipinski definition) is 1. The smallest absolute Gasteiger partial charge is 0.327 e. The zero-order valence-electron chi connectivity index (χ0n) is 16.1. The minimum Gasteiger partial charge on any atom is -0.327 e. The van der Waals surface area contributed by atoms with Gasteiger partial charge in [-0.1, -0.05) is 18.2 Å². The molecular formula is C20H19ClF4N4OS. The van der Waals surface area contributed by atoms with Crippen LogP contribution in [0.2, 0.25) is 0 Å². The predicted molar refractivity (Wildman–Crippen MR) is 116 cm³/mol. The van der Waals surface area contributed by atoms with Gasteiger partial charge in [0.25, 0.3) is 0 Å². The van der Waals surface area contributed by atoms with Crippen LogP contribution in [0.25, 0.3) is 12.2 Å². The molecule has 3 rings (SSSR count). The van der Waals surface area contributed by atoms with Crippen LogP contribution >= 0.6 is 23.7 Å². The minimum atomic E-state index is -4.36. The summed E-state index contributed by atoms with van der Waals surface area (Å²) < 4.78 is 53.0. The summed E-state index contributed by atoms with van der Waals surface area (Å²) in [6.07, 6.45) is 0.914. The Morgan fingerprint density at radius 3 is 2.45 bits per heavy atom. The van der Waals surface area contributed by atoms with Gasteiger partial charge in [-0.25, -0.2) is 13.9 Å². The molecule has 31 heavy (non-hydrogen) atoms. The van der Waals surface area contributed by atoms with Crippen LogP contribution in [0, 0.1) is 0 Å². The molecule has 2 N–H and O–H groups in total. The zero-order valence-corrected chi connectivity index (χ0v) is 17.7. The topological polar surface area (TPSA) is 65.8 Å². The van der Waals surface area contributed by atoms with Crippen molar-refractivity contribution in [2.45, 2.75) is 19.3 Å². The molecule has 0 amide bonds. The fraction of sp³-hybridized carbons (Fsp3) is 0.200. The molecule has 0 aliphatic rings. The number of halogens is 5. The van der Waals surface area contributed by atoms with E-state index in [0.29, 0.717) is 18.4 Å². The molecule has 0 radical (unpaired) electrons. The Bertz CT molecular complexity index is 1110. The molecule has 0 saturated carbocycles. The molecule has 5 nitrogen and oxygen atoms in total. The van der Waals surface area contributed by atoms with E-state index in [1.54, 1.807) is 12.2 Å². The van der Waals surface area contributed by atoms with Crippen molar-refractivity contribution >= 4 is 35.9 Å². The first-order chi connectivity index (χ1) is 14.3. The fourth-order valence-electron chi connectivity index (χ4n) is 2.62. The lowest BCUT2D eigenvalue weighted by Gasteiger charge is -2.05. The van der Waals surface area contributed by atoms with Crippen LogP contribution in [0.5, 0.6) is 0 Å². The summed E-state index contributed by atoms with van der Waals surface area (Å²) >= 11 is 1.44. The number of nitrogens with two attached hydrogens (primary N) is 1. The van der Waals surface area contributed by atoms with Crippen LogP contribution in [-0.2, 0) is 19.3 Å². The average Bonchev–Trinajstić information content (AvgIpc) is 3.31. The van der Waals surface area contributed by atoms with Gasteiger partial charge < -0.3 is 5.73 Å². The Hall–Kier alpha value is -2.69. The lowest BCUT2D eigenvalue weighted by Crippen LogP contribution is -2.26. The lowest BCUT2D eigenvalue weighted by atomic mass is 10.1. The van der Waals surface area contributed by atoms with E-state index < -0.39 is 11.7 Å². The molecule has 3 aromatic rings. The van der Waals surface area contributed by atoms with Gasteiger partial charge in [0.05, 0.1) is 25.0 Å². The number of nitrogens with zero attached hydrogens (tertiary/aromatic N) is 3. The second kappa shape index (κ2) is 10.6. The van der Waals surface area contributed by atoms with Gasteiger partial charge in [-0.3, -0.25) is 4.57 Å².